The second kappa shape index (κ2) is 7.97. The summed E-state index contributed by atoms with van der Waals surface area (Å²) in [6.07, 6.45) is 5.93. The van der Waals surface area contributed by atoms with Gasteiger partial charge in [0.15, 0.2) is 0 Å². The Bertz CT molecular complexity index is 587. The summed E-state index contributed by atoms with van der Waals surface area (Å²) in [4.78, 5) is 20.1. The Kier molecular flexibility index (Phi) is 5.71. The van der Waals surface area contributed by atoms with E-state index in [0.717, 1.165) is 17.5 Å². The van der Waals surface area contributed by atoms with Gasteiger partial charge < -0.3 is 15.4 Å². The number of urea groups is 1. The molecule has 2 heterocycles. The lowest BCUT2D eigenvalue weighted by molar-refractivity contribution is 0.236. The Labute approximate surface area is 129 Å². The van der Waals surface area contributed by atoms with Crippen molar-refractivity contribution in [3.63, 3.8) is 0 Å². The van der Waals surface area contributed by atoms with Gasteiger partial charge in [0.05, 0.1) is 13.2 Å². The van der Waals surface area contributed by atoms with Crippen LogP contribution < -0.4 is 15.4 Å². The highest BCUT2D eigenvalue weighted by molar-refractivity contribution is 5.74. The molecule has 0 aliphatic heterocycles. The summed E-state index contributed by atoms with van der Waals surface area (Å²) in [6.45, 7) is 2.44. The van der Waals surface area contributed by atoms with Crippen LogP contribution in [0, 0.1) is 0 Å². The van der Waals surface area contributed by atoms with E-state index < -0.39 is 0 Å². The molecule has 0 spiro atoms. The SMILES string of the molecule is CC[C@@H](NC(=O)NCc1ccc(OC)nc1)c1ccncc1. The Balaban J connectivity index is 1.86. The molecule has 2 amide bonds. The van der Waals surface area contributed by atoms with Gasteiger partial charge in [0.1, 0.15) is 0 Å². The number of nitrogens with zero attached hydrogens (tertiary/aromatic N) is 2. The monoisotopic (exact) mass is 300 g/mol. The zero-order valence-electron chi connectivity index (χ0n) is 12.7. The van der Waals surface area contributed by atoms with Crippen LogP contribution >= 0.6 is 0 Å². The third kappa shape index (κ3) is 4.44. The summed E-state index contributed by atoms with van der Waals surface area (Å²) >= 11 is 0. The number of nitrogens with one attached hydrogen (secondary N) is 2. The number of methoxy groups -OCH3 is 1. The van der Waals surface area contributed by atoms with Gasteiger partial charge in [-0.3, -0.25) is 4.98 Å². The minimum atomic E-state index is -0.209. The van der Waals surface area contributed by atoms with E-state index in [1.807, 2.05) is 25.1 Å². The molecule has 2 rings (SSSR count). The number of hydrogen-bond acceptors (Lipinski definition) is 4. The number of rotatable bonds is 6. The highest BCUT2D eigenvalue weighted by Gasteiger charge is 2.12. The second-order valence-electron chi connectivity index (χ2n) is 4.78. The maximum Gasteiger partial charge on any atom is 0.315 e. The molecule has 0 saturated carbocycles. The minimum absolute atomic E-state index is 0.0306. The van der Waals surface area contributed by atoms with Crippen LogP contribution in [-0.2, 0) is 6.54 Å². The summed E-state index contributed by atoms with van der Waals surface area (Å²) < 4.78 is 5.00. The maximum absolute atomic E-state index is 12.0. The number of pyridine rings is 2. The van der Waals surface area contributed by atoms with Crippen molar-refractivity contribution in [2.45, 2.75) is 25.9 Å². The third-order valence-corrected chi connectivity index (χ3v) is 3.28. The van der Waals surface area contributed by atoms with Crippen LogP contribution in [0.15, 0.2) is 42.9 Å². The van der Waals surface area contributed by atoms with Crippen molar-refractivity contribution >= 4 is 6.03 Å². The molecule has 0 fully saturated rings. The summed E-state index contributed by atoms with van der Waals surface area (Å²) in [5, 5.41) is 5.78. The average molecular weight is 300 g/mol. The molecule has 2 aromatic heterocycles. The summed E-state index contributed by atoms with van der Waals surface area (Å²) in [5.41, 5.74) is 1.95. The topological polar surface area (TPSA) is 76.1 Å². The third-order valence-electron chi connectivity index (χ3n) is 3.28. The van der Waals surface area contributed by atoms with Gasteiger partial charge in [-0.25, -0.2) is 9.78 Å². The predicted octanol–water partition coefficient (Wildman–Crippen LogP) is 2.44. The van der Waals surface area contributed by atoms with E-state index in [0.29, 0.717) is 12.4 Å². The van der Waals surface area contributed by atoms with E-state index in [9.17, 15) is 4.79 Å². The van der Waals surface area contributed by atoms with Crippen LogP contribution in [0.25, 0.3) is 0 Å². The number of hydrogen-bond donors (Lipinski definition) is 2. The van der Waals surface area contributed by atoms with Gasteiger partial charge >= 0.3 is 6.03 Å². The van der Waals surface area contributed by atoms with Gasteiger partial charge in [0.2, 0.25) is 5.88 Å². The molecule has 1 atom stereocenters. The lowest BCUT2D eigenvalue weighted by Gasteiger charge is -2.17. The van der Waals surface area contributed by atoms with Crippen LogP contribution in [0.3, 0.4) is 0 Å². The molecule has 0 aliphatic carbocycles. The maximum atomic E-state index is 12.0. The molecule has 0 radical (unpaired) electrons. The Hall–Kier alpha value is -2.63. The van der Waals surface area contributed by atoms with E-state index in [-0.39, 0.29) is 12.1 Å². The number of amides is 2. The van der Waals surface area contributed by atoms with Gasteiger partial charge in [-0.1, -0.05) is 13.0 Å². The molecule has 0 unspecified atom stereocenters. The van der Waals surface area contributed by atoms with Crippen LogP contribution in [0.1, 0.15) is 30.5 Å². The first-order valence-electron chi connectivity index (χ1n) is 7.16. The predicted molar refractivity (Wildman–Crippen MR) is 83.4 cm³/mol. The Morgan fingerprint density at radius 2 is 2.05 bits per heavy atom. The van der Waals surface area contributed by atoms with Crippen LogP contribution in [-0.4, -0.2) is 23.1 Å². The quantitative estimate of drug-likeness (QED) is 0.859. The largest absolute Gasteiger partial charge is 0.481 e. The number of carbonyl (C=O) groups is 1. The van der Waals surface area contributed by atoms with Crippen LogP contribution in [0.2, 0.25) is 0 Å². The molecule has 0 aliphatic rings. The highest BCUT2D eigenvalue weighted by atomic mass is 16.5. The molecule has 0 bridgehead atoms. The Morgan fingerprint density at radius 3 is 2.64 bits per heavy atom. The van der Waals surface area contributed by atoms with Crippen molar-refractivity contribution < 1.29 is 9.53 Å². The normalized spacial score (nSPS) is 11.5. The number of carbonyl (C=O) groups excluding carboxylic acids is 1. The first-order valence-corrected chi connectivity index (χ1v) is 7.16. The average Bonchev–Trinajstić information content (AvgIpc) is 2.59. The molecular formula is C16H20N4O2. The molecule has 2 N–H and O–H groups in total. The fourth-order valence-electron chi connectivity index (χ4n) is 2.04. The summed E-state index contributed by atoms with van der Waals surface area (Å²) in [7, 11) is 1.57. The Morgan fingerprint density at radius 1 is 1.27 bits per heavy atom. The highest BCUT2D eigenvalue weighted by Crippen LogP contribution is 2.14. The van der Waals surface area contributed by atoms with E-state index in [1.165, 1.54) is 0 Å². The lowest BCUT2D eigenvalue weighted by atomic mass is 10.1. The molecular weight excluding hydrogens is 280 g/mol. The molecule has 6 nitrogen and oxygen atoms in total. The zero-order chi connectivity index (χ0) is 15.8. The van der Waals surface area contributed by atoms with E-state index in [4.69, 9.17) is 4.74 Å². The molecule has 116 valence electrons. The number of aromatic nitrogens is 2. The minimum Gasteiger partial charge on any atom is -0.481 e. The van der Waals surface area contributed by atoms with E-state index in [1.54, 1.807) is 31.8 Å². The van der Waals surface area contributed by atoms with Gasteiger partial charge in [0, 0.05) is 31.2 Å². The summed E-state index contributed by atoms with van der Waals surface area (Å²) in [6, 6.07) is 7.20. The van der Waals surface area contributed by atoms with Crippen LogP contribution in [0.4, 0.5) is 4.79 Å². The lowest BCUT2D eigenvalue weighted by Crippen LogP contribution is -2.37. The molecule has 2 aromatic rings. The van der Waals surface area contributed by atoms with Gasteiger partial charge in [0.25, 0.3) is 0 Å². The number of ether oxygens (including phenoxy) is 1. The van der Waals surface area contributed by atoms with Crippen LogP contribution in [0.5, 0.6) is 5.88 Å². The fourth-order valence-corrected chi connectivity index (χ4v) is 2.04. The van der Waals surface area contributed by atoms with Crippen molar-refractivity contribution in [1.82, 2.24) is 20.6 Å². The van der Waals surface area contributed by atoms with Crippen molar-refractivity contribution in [3.05, 3.63) is 54.0 Å². The zero-order valence-corrected chi connectivity index (χ0v) is 12.7. The second-order valence-corrected chi connectivity index (χ2v) is 4.78. The van der Waals surface area contributed by atoms with Crippen molar-refractivity contribution in [2.75, 3.05) is 7.11 Å². The first-order chi connectivity index (χ1) is 10.7. The van der Waals surface area contributed by atoms with Gasteiger partial charge in [-0.15, -0.1) is 0 Å². The van der Waals surface area contributed by atoms with Crippen molar-refractivity contribution in [3.8, 4) is 5.88 Å². The molecule has 22 heavy (non-hydrogen) atoms. The van der Waals surface area contributed by atoms with Gasteiger partial charge in [-0.2, -0.15) is 0 Å². The fraction of sp³-hybridized carbons (Fsp3) is 0.312. The van der Waals surface area contributed by atoms with E-state index >= 15 is 0 Å². The molecule has 0 aromatic carbocycles. The molecule has 6 heteroatoms. The van der Waals surface area contributed by atoms with Crippen molar-refractivity contribution in [2.24, 2.45) is 0 Å². The van der Waals surface area contributed by atoms with Crippen molar-refractivity contribution in [1.29, 1.82) is 0 Å². The molecule has 0 saturated heterocycles. The standard InChI is InChI=1S/C16H20N4O2/c1-3-14(13-6-8-17-9-7-13)20-16(21)19-11-12-4-5-15(22-2)18-10-12/h4-10,14H,3,11H2,1-2H3,(H2,19,20,21)/t14-/m1/s1. The van der Waals surface area contributed by atoms with Gasteiger partial charge in [-0.05, 0) is 29.7 Å². The van der Waals surface area contributed by atoms with E-state index in [2.05, 4.69) is 20.6 Å². The smallest absolute Gasteiger partial charge is 0.315 e. The first kappa shape index (κ1) is 15.8. The summed E-state index contributed by atoms with van der Waals surface area (Å²) in [5.74, 6) is 0.553.